The number of nitrogens with two attached hydrogens (primary N) is 1. The molecular formula is C8H13BN2O. The van der Waals surface area contributed by atoms with Crippen LogP contribution in [0.4, 0.5) is 0 Å². The fraction of sp³-hybridized carbons (Fsp3) is 0.625. The van der Waals surface area contributed by atoms with Crippen molar-refractivity contribution in [1.29, 1.82) is 0 Å². The lowest BCUT2D eigenvalue weighted by Crippen LogP contribution is -2.09. The second-order valence-electron chi connectivity index (χ2n) is 2.85. The van der Waals surface area contributed by atoms with Gasteiger partial charge in [0, 0.05) is 12.3 Å². The third-order valence-corrected chi connectivity index (χ3v) is 1.88. The molecule has 1 saturated heterocycles. The van der Waals surface area contributed by atoms with Gasteiger partial charge >= 0.3 is 0 Å². The van der Waals surface area contributed by atoms with Gasteiger partial charge in [0.25, 0.3) is 0 Å². The van der Waals surface area contributed by atoms with Gasteiger partial charge < -0.3 is 10.5 Å². The van der Waals surface area contributed by atoms with Crippen molar-refractivity contribution in [2.24, 2.45) is 10.7 Å². The molecule has 0 bridgehead atoms. The quantitative estimate of drug-likeness (QED) is 0.468. The highest BCUT2D eigenvalue weighted by molar-refractivity contribution is 6.37. The van der Waals surface area contributed by atoms with Crippen LogP contribution in [0.2, 0.25) is 0 Å². The first-order valence-electron chi connectivity index (χ1n) is 4.04. The van der Waals surface area contributed by atoms with Gasteiger partial charge in [-0.3, -0.25) is 4.99 Å². The molecule has 3 nitrogen and oxygen atoms in total. The van der Waals surface area contributed by atoms with Crippen LogP contribution in [0.25, 0.3) is 0 Å². The molecule has 2 radical (unpaired) electrons. The van der Waals surface area contributed by atoms with Gasteiger partial charge in [-0.25, -0.2) is 0 Å². The summed E-state index contributed by atoms with van der Waals surface area (Å²) < 4.78 is 5.17. The highest BCUT2D eigenvalue weighted by Gasteiger charge is 2.13. The predicted octanol–water partition coefficient (Wildman–Crippen LogP) is 0.205. The van der Waals surface area contributed by atoms with Gasteiger partial charge in [-0.2, -0.15) is 0 Å². The third kappa shape index (κ3) is 2.38. The highest BCUT2D eigenvalue weighted by Crippen LogP contribution is 2.09. The Morgan fingerprint density at radius 2 is 2.50 bits per heavy atom. The number of rotatable bonds is 2. The first kappa shape index (κ1) is 9.32. The van der Waals surface area contributed by atoms with Gasteiger partial charge in [-0.05, 0) is 19.5 Å². The lowest BCUT2D eigenvalue weighted by Gasteiger charge is -2.04. The van der Waals surface area contributed by atoms with E-state index in [1.807, 2.05) is 6.92 Å². The summed E-state index contributed by atoms with van der Waals surface area (Å²) in [5, 5.41) is 0. The molecular weight excluding hydrogens is 151 g/mol. The van der Waals surface area contributed by atoms with Gasteiger partial charge in [0.1, 0.15) is 7.85 Å². The van der Waals surface area contributed by atoms with Crippen molar-refractivity contribution >= 4 is 13.6 Å². The number of nitrogens with zero attached hydrogens (tertiary/aromatic N) is 1. The van der Waals surface area contributed by atoms with Crippen LogP contribution in [0.5, 0.6) is 0 Å². The minimum Gasteiger partial charge on any atom is -0.405 e. The molecule has 12 heavy (non-hydrogen) atoms. The Hall–Kier alpha value is -0.765. The summed E-state index contributed by atoms with van der Waals surface area (Å²) in [4.78, 5) is 4.37. The number of hydrogen-bond donors (Lipinski definition) is 1. The third-order valence-electron chi connectivity index (χ3n) is 1.88. The maximum atomic E-state index is 5.56. The zero-order valence-electron chi connectivity index (χ0n) is 7.29. The molecule has 1 aliphatic rings. The van der Waals surface area contributed by atoms with Crippen LogP contribution in [-0.4, -0.2) is 32.8 Å². The van der Waals surface area contributed by atoms with Crippen molar-refractivity contribution in [2.45, 2.75) is 19.4 Å². The van der Waals surface area contributed by atoms with Gasteiger partial charge in [0.15, 0.2) is 0 Å². The summed E-state index contributed by atoms with van der Waals surface area (Å²) in [5.74, 6) is 0. The van der Waals surface area contributed by atoms with Crippen LogP contribution >= 0.6 is 0 Å². The Balaban J connectivity index is 2.54. The first-order chi connectivity index (χ1) is 5.74. The lowest BCUT2D eigenvalue weighted by molar-refractivity contribution is 0.194. The van der Waals surface area contributed by atoms with E-state index in [0.29, 0.717) is 12.1 Å². The topological polar surface area (TPSA) is 47.6 Å². The predicted molar refractivity (Wildman–Crippen MR) is 50.4 cm³/mol. The smallest absolute Gasteiger partial charge is 0.118 e. The van der Waals surface area contributed by atoms with Crippen molar-refractivity contribution in [3.63, 3.8) is 0 Å². The van der Waals surface area contributed by atoms with E-state index in [4.69, 9.17) is 18.3 Å². The molecule has 0 amide bonds. The molecule has 4 heteroatoms. The van der Waals surface area contributed by atoms with E-state index >= 15 is 0 Å². The van der Waals surface area contributed by atoms with Crippen molar-refractivity contribution in [3.8, 4) is 0 Å². The fourth-order valence-corrected chi connectivity index (χ4v) is 1.09. The van der Waals surface area contributed by atoms with Crippen molar-refractivity contribution in [3.05, 3.63) is 11.7 Å². The Morgan fingerprint density at radius 3 is 3.00 bits per heavy atom. The molecule has 0 aromatic carbocycles. The normalized spacial score (nSPS) is 26.2. The number of hydrogen-bond acceptors (Lipinski definition) is 3. The van der Waals surface area contributed by atoms with Gasteiger partial charge in [-0.1, -0.05) is 5.47 Å². The Kier molecular flexibility index (Phi) is 3.35. The van der Waals surface area contributed by atoms with Crippen molar-refractivity contribution in [1.82, 2.24) is 0 Å². The van der Waals surface area contributed by atoms with Crippen LogP contribution in [0.1, 0.15) is 13.3 Å². The molecule has 1 atom stereocenters. The van der Waals surface area contributed by atoms with Gasteiger partial charge in [0.2, 0.25) is 0 Å². The Labute approximate surface area is 74.1 Å². The van der Waals surface area contributed by atoms with Crippen LogP contribution < -0.4 is 5.73 Å². The average molecular weight is 164 g/mol. The summed E-state index contributed by atoms with van der Waals surface area (Å²) in [6.45, 7) is 3.36. The highest BCUT2D eigenvalue weighted by atomic mass is 16.5. The van der Waals surface area contributed by atoms with Gasteiger partial charge in [0.05, 0.1) is 12.6 Å². The van der Waals surface area contributed by atoms with E-state index in [2.05, 4.69) is 4.99 Å². The van der Waals surface area contributed by atoms with E-state index in [1.54, 1.807) is 0 Å². The standard InChI is InChI=1S/C8H13BN2O/c1-6(8(9)4-10)11-7-2-3-12-5-7/h4,7H,2-3,5,10H2,1H3/b8-4+,11-6?. The Bertz CT molecular complexity index is 207. The summed E-state index contributed by atoms with van der Waals surface area (Å²) in [6.07, 6.45) is 2.35. The molecule has 1 aliphatic heterocycles. The molecule has 1 unspecified atom stereocenters. The van der Waals surface area contributed by atoms with Crippen LogP contribution in [0.15, 0.2) is 16.7 Å². The summed E-state index contributed by atoms with van der Waals surface area (Å²) in [6, 6.07) is 0.267. The SMILES string of the molecule is [B]/C(=C/N)C(C)=NC1CCOC1. The summed E-state index contributed by atoms with van der Waals surface area (Å²) >= 11 is 0. The van der Waals surface area contributed by atoms with E-state index in [9.17, 15) is 0 Å². The Morgan fingerprint density at radius 1 is 1.75 bits per heavy atom. The van der Waals surface area contributed by atoms with Crippen molar-refractivity contribution < 1.29 is 4.74 Å². The molecule has 64 valence electrons. The molecule has 0 aromatic heterocycles. The van der Waals surface area contributed by atoms with Crippen molar-refractivity contribution in [2.75, 3.05) is 13.2 Å². The van der Waals surface area contributed by atoms with Crippen LogP contribution in [-0.2, 0) is 4.74 Å². The van der Waals surface area contributed by atoms with E-state index < -0.39 is 0 Å². The number of allylic oxidation sites excluding steroid dienone is 1. The first-order valence-corrected chi connectivity index (χ1v) is 4.04. The molecule has 0 spiro atoms. The summed E-state index contributed by atoms with van der Waals surface area (Å²) in [7, 11) is 5.56. The number of aliphatic imine (C=N–C) groups is 1. The zero-order valence-corrected chi connectivity index (χ0v) is 7.29. The lowest BCUT2D eigenvalue weighted by atomic mass is 9.92. The molecule has 0 saturated carbocycles. The fourth-order valence-electron chi connectivity index (χ4n) is 1.09. The molecule has 2 N–H and O–H groups in total. The maximum Gasteiger partial charge on any atom is 0.118 e. The minimum absolute atomic E-state index is 0.267. The average Bonchev–Trinajstić information content (AvgIpc) is 2.55. The summed E-state index contributed by atoms with van der Waals surface area (Å²) in [5.41, 5.74) is 6.59. The van der Waals surface area contributed by atoms with Crippen LogP contribution in [0, 0.1) is 0 Å². The van der Waals surface area contributed by atoms with Gasteiger partial charge in [-0.15, -0.1) is 0 Å². The monoisotopic (exact) mass is 164 g/mol. The van der Waals surface area contributed by atoms with E-state index in [1.165, 1.54) is 6.20 Å². The number of ether oxygens (including phenoxy) is 1. The maximum absolute atomic E-state index is 5.56. The molecule has 0 aliphatic carbocycles. The molecule has 1 heterocycles. The molecule has 1 rings (SSSR count). The largest absolute Gasteiger partial charge is 0.405 e. The molecule has 0 aromatic rings. The second kappa shape index (κ2) is 4.31. The van der Waals surface area contributed by atoms with Crippen LogP contribution in [0.3, 0.4) is 0 Å². The minimum atomic E-state index is 0.267. The van der Waals surface area contributed by atoms with E-state index in [-0.39, 0.29) is 6.04 Å². The second-order valence-corrected chi connectivity index (χ2v) is 2.85. The zero-order chi connectivity index (χ0) is 8.97. The van der Waals surface area contributed by atoms with E-state index in [0.717, 1.165) is 18.7 Å². The molecule has 1 fully saturated rings.